The number of aromatic amines is 1. The normalized spacial score (nSPS) is 11.2. The molecule has 0 saturated heterocycles. The zero-order valence-electron chi connectivity index (χ0n) is 29.5. The predicted molar refractivity (Wildman–Crippen MR) is 200 cm³/mol. The number of urea groups is 1. The van der Waals surface area contributed by atoms with Crippen molar-refractivity contribution < 1.29 is 14.3 Å². The number of ether oxygens (including phenoxy) is 1. The number of carbonyl (C=O) groups excluding carboxylic acids is 2. The van der Waals surface area contributed by atoms with Crippen molar-refractivity contribution in [3.63, 3.8) is 0 Å². The number of carbonyl (C=O) groups is 2. The highest BCUT2D eigenvalue weighted by molar-refractivity contribution is 6.03. The van der Waals surface area contributed by atoms with E-state index in [9.17, 15) is 14.4 Å². The van der Waals surface area contributed by atoms with Gasteiger partial charge in [0.2, 0.25) is 5.91 Å². The smallest absolute Gasteiger partial charge is 0.326 e. The molecule has 50 heavy (non-hydrogen) atoms. The average Bonchev–Trinajstić information content (AvgIpc) is 3.10. The first-order valence-corrected chi connectivity index (χ1v) is 17.2. The SMILES string of the molecule is CC(=O)NCCCN(C(=O)Nc1c(C(C)C)cc(-c2cccc(OCCCc3ccccn3)c2)cc1C(C)C)c1cc2cccnc2[nH]c1=O. The Morgan fingerprint density at radius 3 is 2.32 bits per heavy atom. The maximum atomic E-state index is 14.2. The Bertz CT molecular complexity index is 1960. The standard InChI is InChI=1S/C40H46N6O4/c1-26(2)34-23-31(29-12-8-16-33(22-29)50-21-10-15-32-14-6-7-17-42-32)24-35(27(3)4)37(34)44-40(49)46(20-11-19-41-28(5)47)36-25-30-13-9-18-43-38(30)45-39(36)48/h6-9,12-14,16-18,22-27H,10-11,15,19-21H2,1-5H3,(H,41,47)(H,44,49)(H,43,45,48). The van der Waals surface area contributed by atoms with Crippen LogP contribution < -0.4 is 25.8 Å². The Morgan fingerprint density at radius 1 is 0.860 bits per heavy atom. The lowest BCUT2D eigenvalue weighted by molar-refractivity contribution is -0.118. The third-order valence-electron chi connectivity index (χ3n) is 8.48. The van der Waals surface area contributed by atoms with Gasteiger partial charge in [0.1, 0.15) is 17.1 Å². The van der Waals surface area contributed by atoms with E-state index in [2.05, 4.69) is 77.5 Å². The fraction of sp³-hybridized carbons (Fsp3) is 0.325. The minimum atomic E-state index is -0.431. The first-order chi connectivity index (χ1) is 24.1. The van der Waals surface area contributed by atoms with E-state index in [0.29, 0.717) is 30.6 Å². The van der Waals surface area contributed by atoms with Crippen LogP contribution in [0.3, 0.4) is 0 Å². The van der Waals surface area contributed by atoms with E-state index >= 15 is 0 Å². The van der Waals surface area contributed by atoms with E-state index in [0.717, 1.165) is 52.2 Å². The number of aromatic nitrogens is 3. The van der Waals surface area contributed by atoms with Gasteiger partial charge in [0.25, 0.3) is 5.56 Å². The maximum absolute atomic E-state index is 14.2. The molecule has 0 spiro atoms. The number of pyridine rings is 3. The Morgan fingerprint density at radius 2 is 1.62 bits per heavy atom. The summed E-state index contributed by atoms with van der Waals surface area (Å²) < 4.78 is 6.13. The Kier molecular flexibility index (Phi) is 12.0. The highest BCUT2D eigenvalue weighted by Crippen LogP contribution is 2.38. The number of rotatable bonds is 14. The van der Waals surface area contributed by atoms with Gasteiger partial charge in [-0.2, -0.15) is 0 Å². The second-order valence-corrected chi connectivity index (χ2v) is 13.0. The number of nitrogens with zero attached hydrogens (tertiary/aromatic N) is 3. The lowest BCUT2D eigenvalue weighted by Gasteiger charge is -2.27. The fourth-order valence-corrected chi connectivity index (χ4v) is 5.90. The molecular formula is C40H46N6O4. The fourth-order valence-electron chi connectivity index (χ4n) is 5.90. The van der Waals surface area contributed by atoms with Gasteiger partial charge in [-0.25, -0.2) is 9.78 Å². The molecule has 0 aliphatic rings. The number of nitrogens with one attached hydrogen (secondary N) is 3. The average molecular weight is 675 g/mol. The van der Waals surface area contributed by atoms with Crippen LogP contribution in [0.15, 0.2) is 90.0 Å². The van der Waals surface area contributed by atoms with E-state index in [1.807, 2.05) is 42.6 Å². The number of benzene rings is 2. The summed E-state index contributed by atoms with van der Waals surface area (Å²) in [6, 6.07) is 23.2. The summed E-state index contributed by atoms with van der Waals surface area (Å²) in [5.41, 5.74) is 6.02. The van der Waals surface area contributed by atoms with E-state index in [1.54, 1.807) is 18.3 Å². The van der Waals surface area contributed by atoms with E-state index < -0.39 is 11.6 Å². The first-order valence-electron chi connectivity index (χ1n) is 17.2. The maximum Gasteiger partial charge on any atom is 0.326 e. The number of amides is 3. The Hall–Kier alpha value is -5.51. The number of anilines is 2. The van der Waals surface area contributed by atoms with Crippen LogP contribution in [0.1, 0.15) is 76.1 Å². The van der Waals surface area contributed by atoms with Crippen molar-refractivity contribution in [2.75, 3.05) is 29.9 Å². The van der Waals surface area contributed by atoms with Crippen LogP contribution in [0.25, 0.3) is 22.2 Å². The molecule has 0 aliphatic carbocycles. The van der Waals surface area contributed by atoms with E-state index in [-0.39, 0.29) is 30.0 Å². The minimum Gasteiger partial charge on any atom is -0.494 e. The number of fused-ring (bicyclic) bond motifs is 1. The molecule has 5 aromatic rings. The predicted octanol–water partition coefficient (Wildman–Crippen LogP) is 7.81. The minimum absolute atomic E-state index is 0.0807. The number of H-pyrrole nitrogens is 1. The summed E-state index contributed by atoms with van der Waals surface area (Å²) >= 11 is 0. The van der Waals surface area contributed by atoms with Gasteiger partial charge in [0, 0.05) is 49.2 Å². The van der Waals surface area contributed by atoms with Gasteiger partial charge in [-0.15, -0.1) is 0 Å². The quantitative estimate of drug-likeness (QED) is 0.103. The van der Waals surface area contributed by atoms with Gasteiger partial charge in [0.15, 0.2) is 0 Å². The molecular weight excluding hydrogens is 628 g/mol. The zero-order valence-corrected chi connectivity index (χ0v) is 29.5. The molecule has 5 rings (SSSR count). The molecule has 0 saturated carbocycles. The highest BCUT2D eigenvalue weighted by atomic mass is 16.5. The Balaban J connectivity index is 1.43. The third kappa shape index (κ3) is 9.13. The van der Waals surface area contributed by atoms with Crippen LogP contribution in [0, 0.1) is 0 Å². The zero-order chi connectivity index (χ0) is 35.6. The van der Waals surface area contributed by atoms with Gasteiger partial charge in [-0.1, -0.05) is 45.9 Å². The van der Waals surface area contributed by atoms with Gasteiger partial charge >= 0.3 is 6.03 Å². The number of hydrogen-bond acceptors (Lipinski definition) is 6. The van der Waals surface area contributed by atoms with E-state index in [4.69, 9.17) is 4.74 Å². The van der Waals surface area contributed by atoms with Crippen LogP contribution in [-0.4, -0.2) is 46.6 Å². The number of aryl methyl sites for hydroxylation is 1. The van der Waals surface area contributed by atoms with Gasteiger partial charge in [-0.3, -0.25) is 19.5 Å². The molecule has 3 N–H and O–H groups in total. The summed E-state index contributed by atoms with van der Waals surface area (Å²) in [7, 11) is 0. The van der Waals surface area contributed by atoms with Crippen LogP contribution in [0.4, 0.5) is 16.2 Å². The van der Waals surface area contributed by atoms with Crippen LogP contribution in [0.5, 0.6) is 5.75 Å². The van der Waals surface area contributed by atoms with Crippen molar-refractivity contribution in [1.29, 1.82) is 0 Å². The first kappa shape index (κ1) is 35.8. The molecule has 0 fully saturated rings. The summed E-state index contributed by atoms with van der Waals surface area (Å²) in [5.74, 6) is 0.801. The third-order valence-corrected chi connectivity index (χ3v) is 8.48. The molecule has 3 amide bonds. The molecule has 2 aromatic carbocycles. The molecule has 3 heterocycles. The monoisotopic (exact) mass is 674 g/mol. The molecule has 3 aromatic heterocycles. The molecule has 0 bridgehead atoms. The van der Waals surface area contributed by atoms with E-state index in [1.165, 1.54) is 11.8 Å². The van der Waals surface area contributed by atoms with Crippen molar-refractivity contribution in [3.8, 4) is 16.9 Å². The second-order valence-electron chi connectivity index (χ2n) is 13.0. The second kappa shape index (κ2) is 16.7. The molecule has 0 atom stereocenters. The van der Waals surface area contributed by atoms with Gasteiger partial charge in [0.05, 0.1) is 6.61 Å². The van der Waals surface area contributed by atoms with Crippen molar-refractivity contribution in [2.24, 2.45) is 0 Å². The summed E-state index contributed by atoms with van der Waals surface area (Å²) in [6.07, 6.45) is 5.57. The molecule has 10 nitrogen and oxygen atoms in total. The molecule has 0 radical (unpaired) electrons. The topological polar surface area (TPSA) is 129 Å². The van der Waals surface area contributed by atoms with Crippen LogP contribution in [-0.2, 0) is 11.2 Å². The van der Waals surface area contributed by atoms with Crippen LogP contribution in [0.2, 0.25) is 0 Å². The number of hydrogen-bond donors (Lipinski definition) is 3. The Labute approximate surface area is 293 Å². The van der Waals surface area contributed by atoms with Gasteiger partial charge in [-0.05, 0) is 108 Å². The van der Waals surface area contributed by atoms with Gasteiger partial charge < -0.3 is 20.4 Å². The van der Waals surface area contributed by atoms with Crippen molar-refractivity contribution in [2.45, 2.75) is 65.7 Å². The molecule has 260 valence electrons. The summed E-state index contributed by atoms with van der Waals surface area (Å²) in [6.45, 7) is 11.0. The lowest BCUT2D eigenvalue weighted by atomic mass is 9.88. The molecule has 0 unspecified atom stereocenters. The molecule has 0 aliphatic heterocycles. The van der Waals surface area contributed by atoms with Crippen molar-refractivity contribution in [3.05, 3.63) is 112 Å². The lowest BCUT2D eigenvalue weighted by Crippen LogP contribution is -2.40. The highest BCUT2D eigenvalue weighted by Gasteiger charge is 2.24. The summed E-state index contributed by atoms with van der Waals surface area (Å²) in [5, 5.41) is 6.68. The van der Waals surface area contributed by atoms with Crippen LogP contribution >= 0.6 is 0 Å². The summed E-state index contributed by atoms with van der Waals surface area (Å²) in [4.78, 5) is 51.9. The molecule has 10 heteroatoms. The van der Waals surface area contributed by atoms with Crippen molar-refractivity contribution in [1.82, 2.24) is 20.3 Å². The van der Waals surface area contributed by atoms with Crippen molar-refractivity contribution >= 4 is 34.3 Å². The largest absolute Gasteiger partial charge is 0.494 e.